The van der Waals surface area contributed by atoms with E-state index in [0.717, 1.165) is 0 Å². The van der Waals surface area contributed by atoms with Gasteiger partial charge in [-0.15, -0.1) is 0 Å². The molecule has 0 fully saturated rings. The minimum Gasteiger partial charge on any atom is -0.0622 e. The van der Waals surface area contributed by atoms with Crippen LogP contribution >= 0.6 is 0 Å². The molecule has 0 radical (unpaired) electrons. The Bertz CT molecular complexity index is 801. The summed E-state index contributed by atoms with van der Waals surface area (Å²) in [4.78, 5) is 0. The SMILES string of the molecule is c1ccc(C23c4ccccc4C[S+]2Cc2ccccc23)cc1. The van der Waals surface area contributed by atoms with Crippen LogP contribution in [-0.2, 0) is 27.1 Å². The number of rotatable bonds is 1. The Morgan fingerprint density at radius 1 is 0.591 bits per heavy atom. The van der Waals surface area contributed by atoms with Crippen molar-refractivity contribution in [3.63, 3.8) is 0 Å². The number of hydrogen-bond acceptors (Lipinski definition) is 0. The molecule has 0 unspecified atom stereocenters. The van der Waals surface area contributed by atoms with E-state index in [1.54, 1.807) is 11.1 Å². The van der Waals surface area contributed by atoms with Gasteiger partial charge in [0.05, 0.1) is 0 Å². The predicted molar refractivity (Wildman–Crippen MR) is 94.0 cm³/mol. The molecule has 5 rings (SSSR count). The largest absolute Gasteiger partial charge is 0.204 e. The molecule has 2 heterocycles. The van der Waals surface area contributed by atoms with Crippen molar-refractivity contribution in [3.05, 3.63) is 107 Å². The smallest absolute Gasteiger partial charge is 0.0622 e. The van der Waals surface area contributed by atoms with Gasteiger partial charge in [-0.25, -0.2) is 0 Å². The zero-order chi connectivity index (χ0) is 14.6. The van der Waals surface area contributed by atoms with Gasteiger partial charge in [0.1, 0.15) is 11.5 Å². The average Bonchev–Trinajstić information content (AvgIpc) is 3.07. The lowest BCUT2D eigenvalue weighted by Crippen LogP contribution is -2.30. The van der Waals surface area contributed by atoms with Gasteiger partial charge >= 0.3 is 0 Å². The fraction of sp³-hybridized carbons (Fsp3) is 0.143. The van der Waals surface area contributed by atoms with E-state index >= 15 is 0 Å². The Balaban J connectivity index is 1.89. The molecule has 2 aliphatic rings. The first-order valence-corrected chi connectivity index (χ1v) is 9.37. The van der Waals surface area contributed by atoms with Gasteiger partial charge in [-0.3, -0.25) is 0 Å². The summed E-state index contributed by atoms with van der Waals surface area (Å²) in [6.07, 6.45) is 0. The Morgan fingerprint density at radius 2 is 1.09 bits per heavy atom. The lowest BCUT2D eigenvalue weighted by atomic mass is 9.81. The minimum atomic E-state index is 0.0917. The summed E-state index contributed by atoms with van der Waals surface area (Å²) < 4.78 is 0.0917. The molecule has 0 nitrogen and oxygen atoms in total. The quantitative estimate of drug-likeness (QED) is 0.575. The Hall–Kier alpha value is -1.99. The van der Waals surface area contributed by atoms with E-state index in [1.165, 1.54) is 28.2 Å². The molecule has 2 aliphatic heterocycles. The van der Waals surface area contributed by atoms with Crippen molar-refractivity contribution in [3.8, 4) is 0 Å². The maximum absolute atomic E-state index is 2.36. The van der Waals surface area contributed by atoms with Crippen LogP contribution in [0.2, 0.25) is 0 Å². The molecular weight excluding hydrogens is 284 g/mol. The molecule has 0 N–H and O–H groups in total. The van der Waals surface area contributed by atoms with Gasteiger partial charge in [-0.1, -0.05) is 78.9 Å². The van der Waals surface area contributed by atoms with Crippen molar-refractivity contribution in [2.75, 3.05) is 0 Å². The van der Waals surface area contributed by atoms with Gasteiger partial charge in [-0.2, -0.15) is 0 Å². The Labute approximate surface area is 134 Å². The molecule has 0 aromatic heterocycles. The molecule has 0 bridgehead atoms. The minimum absolute atomic E-state index is 0.0917. The lowest BCUT2D eigenvalue weighted by molar-refractivity contribution is 0.907. The van der Waals surface area contributed by atoms with Crippen LogP contribution < -0.4 is 0 Å². The number of benzene rings is 3. The average molecular weight is 301 g/mol. The van der Waals surface area contributed by atoms with Crippen LogP contribution in [0.1, 0.15) is 27.8 Å². The summed E-state index contributed by atoms with van der Waals surface area (Å²) in [5, 5.41) is 0. The van der Waals surface area contributed by atoms with Crippen LogP contribution in [0.4, 0.5) is 0 Å². The second-order valence-corrected chi connectivity index (χ2v) is 8.32. The topological polar surface area (TPSA) is 0 Å². The van der Waals surface area contributed by atoms with Gasteiger partial charge in [-0.05, 0) is 0 Å². The standard InChI is InChI=1S/C21H17S/c1-2-10-18(11-3-1)21-19-12-6-4-8-16(19)14-22(21)15-17-9-5-7-13-20(17)21/h1-13H,14-15H2/q+1. The summed E-state index contributed by atoms with van der Waals surface area (Å²) in [5.74, 6) is 2.44. The molecule has 0 aliphatic carbocycles. The predicted octanol–water partition coefficient (Wildman–Crippen LogP) is 4.62. The third kappa shape index (κ3) is 1.45. The fourth-order valence-corrected chi connectivity index (χ4v) is 7.51. The summed E-state index contributed by atoms with van der Waals surface area (Å²) in [5.41, 5.74) is 7.63. The molecular formula is C21H17S+. The van der Waals surface area contributed by atoms with Gasteiger partial charge in [0.2, 0.25) is 4.75 Å². The first-order chi connectivity index (χ1) is 10.9. The Kier molecular flexibility index (Phi) is 2.57. The van der Waals surface area contributed by atoms with Crippen molar-refractivity contribution in [2.24, 2.45) is 0 Å². The lowest BCUT2D eigenvalue weighted by Gasteiger charge is -2.25. The molecule has 0 saturated carbocycles. The maximum atomic E-state index is 2.36. The van der Waals surface area contributed by atoms with E-state index in [-0.39, 0.29) is 4.75 Å². The molecule has 3 aromatic rings. The molecule has 1 heteroatoms. The summed E-state index contributed by atoms with van der Waals surface area (Å²) in [7, 11) is 0.330. The Morgan fingerprint density at radius 3 is 1.68 bits per heavy atom. The summed E-state index contributed by atoms with van der Waals surface area (Å²) >= 11 is 0. The van der Waals surface area contributed by atoms with Gasteiger partial charge in [0, 0.05) is 38.7 Å². The fourth-order valence-electron chi connectivity index (χ4n) is 4.23. The van der Waals surface area contributed by atoms with E-state index in [1.807, 2.05) is 0 Å². The van der Waals surface area contributed by atoms with Gasteiger partial charge in [0.15, 0.2) is 0 Å². The van der Waals surface area contributed by atoms with Gasteiger partial charge in [0.25, 0.3) is 0 Å². The zero-order valence-corrected chi connectivity index (χ0v) is 13.1. The van der Waals surface area contributed by atoms with E-state index in [4.69, 9.17) is 0 Å². The number of fused-ring (bicyclic) bond motifs is 5. The van der Waals surface area contributed by atoms with Crippen LogP contribution in [0.5, 0.6) is 0 Å². The third-order valence-electron chi connectivity index (χ3n) is 5.07. The molecule has 106 valence electrons. The van der Waals surface area contributed by atoms with Crippen molar-refractivity contribution < 1.29 is 0 Å². The number of hydrogen-bond donors (Lipinski definition) is 0. The molecule has 0 saturated heterocycles. The maximum Gasteiger partial charge on any atom is 0.204 e. The van der Waals surface area contributed by atoms with Crippen molar-refractivity contribution in [1.82, 2.24) is 0 Å². The van der Waals surface area contributed by atoms with E-state index in [2.05, 4.69) is 78.9 Å². The molecule has 0 amide bonds. The highest BCUT2D eigenvalue weighted by molar-refractivity contribution is 7.97. The molecule has 3 aromatic carbocycles. The van der Waals surface area contributed by atoms with E-state index < -0.39 is 0 Å². The molecule has 0 spiro atoms. The van der Waals surface area contributed by atoms with Crippen LogP contribution in [0.3, 0.4) is 0 Å². The highest BCUT2D eigenvalue weighted by atomic mass is 32.2. The van der Waals surface area contributed by atoms with Crippen molar-refractivity contribution >= 4 is 10.9 Å². The molecule has 22 heavy (non-hydrogen) atoms. The van der Waals surface area contributed by atoms with E-state index in [9.17, 15) is 0 Å². The van der Waals surface area contributed by atoms with Crippen LogP contribution in [0.25, 0.3) is 0 Å². The monoisotopic (exact) mass is 301 g/mol. The second kappa shape index (κ2) is 4.50. The third-order valence-corrected chi connectivity index (χ3v) is 7.93. The highest BCUT2D eigenvalue weighted by Gasteiger charge is 2.62. The summed E-state index contributed by atoms with van der Waals surface area (Å²) in [6, 6.07) is 29.3. The van der Waals surface area contributed by atoms with Crippen molar-refractivity contribution in [1.29, 1.82) is 0 Å². The van der Waals surface area contributed by atoms with Crippen LogP contribution in [-0.4, -0.2) is 0 Å². The van der Waals surface area contributed by atoms with Crippen molar-refractivity contribution in [2.45, 2.75) is 16.3 Å². The second-order valence-electron chi connectivity index (χ2n) is 6.14. The normalized spacial score (nSPS) is 24.6. The zero-order valence-electron chi connectivity index (χ0n) is 12.3. The molecule has 0 atom stereocenters. The first kappa shape index (κ1) is 12.5. The van der Waals surface area contributed by atoms with Crippen LogP contribution in [0.15, 0.2) is 78.9 Å². The van der Waals surface area contributed by atoms with Crippen LogP contribution in [0, 0.1) is 0 Å². The first-order valence-electron chi connectivity index (χ1n) is 7.80. The van der Waals surface area contributed by atoms with E-state index in [0.29, 0.717) is 10.9 Å². The van der Waals surface area contributed by atoms with Gasteiger partial charge < -0.3 is 0 Å². The summed E-state index contributed by atoms with van der Waals surface area (Å²) in [6.45, 7) is 0. The highest BCUT2D eigenvalue weighted by Crippen LogP contribution is 2.58.